The molecule has 1 aromatic rings. The molecular weight excluding hydrogens is 352 g/mol. The van der Waals surface area contributed by atoms with Crippen LogP contribution in [0.5, 0.6) is 0 Å². The van der Waals surface area contributed by atoms with E-state index in [1.54, 1.807) is 0 Å². The van der Waals surface area contributed by atoms with E-state index in [-0.39, 0.29) is 30.7 Å². The Morgan fingerprint density at radius 2 is 1.92 bits per heavy atom. The van der Waals surface area contributed by atoms with E-state index in [4.69, 9.17) is 4.74 Å². The second-order valence-corrected chi connectivity index (χ2v) is 8.23. The standard InChI is InChI=1S/C18H26N4O3S/c1-10-11(2)20-13(12(3)19-10)8-25-16(23)7-5-4-6-15-17-14(9-26-15)21-18(24)22-17/h14-15,17H,4-9H2,1-3H3,(H2,21,22,24). The normalized spacial score (nSPS) is 24.1. The molecule has 0 aromatic carbocycles. The molecule has 3 atom stereocenters. The summed E-state index contributed by atoms with van der Waals surface area (Å²) < 4.78 is 5.35. The summed E-state index contributed by atoms with van der Waals surface area (Å²) in [7, 11) is 0. The minimum absolute atomic E-state index is 0.0568. The largest absolute Gasteiger partial charge is 0.459 e. The monoisotopic (exact) mass is 378 g/mol. The number of carbonyl (C=O) groups excluding carboxylic acids is 2. The molecule has 7 nitrogen and oxygen atoms in total. The molecule has 2 saturated heterocycles. The number of hydrogen-bond acceptors (Lipinski definition) is 6. The van der Waals surface area contributed by atoms with Gasteiger partial charge in [-0.2, -0.15) is 11.8 Å². The van der Waals surface area contributed by atoms with Gasteiger partial charge in [-0.05, 0) is 33.6 Å². The van der Waals surface area contributed by atoms with Gasteiger partial charge in [0, 0.05) is 17.4 Å². The summed E-state index contributed by atoms with van der Waals surface area (Å²) in [4.78, 5) is 32.2. The first-order valence-corrected chi connectivity index (χ1v) is 10.1. The van der Waals surface area contributed by atoms with Crippen LogP contribution in [0.3, 0.4) is 0 Å². The van der Waals surface area contributed by atoms with E-state index in [0.717, 1.165) is 47.8 Å². The lowest BCUT2D eigenvalue weighted by atomic mass is 10.0. The van der Waals surface area contributed by atoms with Gasteiger partial charge in [-0.1, -0.05) is 6.42 Å². The number of carbonyl (C=O) groups is 2. The predicted molar refractivity (Wildman–Crippen MR) is 100.0 cm³/mol. The van der Waals surface area contributed by atoms with Gasteiger partial charge in [-0.3, -0.25) is 14.8 Å². The first-order chi connectivity index (χ1) is 12.4. The SMILES string of the molecule is Cc1nc(C)c(COC(=O)CCCCC2SCC3NC(=O)NC32)nc1C. The highest BCUT2D eigenvalue weighted by Crippen LogP contribution is 2.33. The topological polar surface area (TPSA) is 93.2 Å². The van der Waals surface area contributed by atoms with Crippen LogP contribution in [0.15, 0.2) is 0 Å². The number of rotatable bonds is 7. The summed E-state index contributed by atoms with van der Waals surface area (Å²) >= 11 is 1.90. The molecule has 3 heterocycles. The Labute approximate surface area is 158 Å². The summed E-state index contributed by atoms with van der Waals surface area (Å²) in [5.74, 6) is 0.768. The zero-order chi connectivity index (χ0) is 18.7. The Hall–Kier alpha value is -1.83. The summed E-state index contributed by atoms with van der Waals surface area (Å²) in [5, 5.41) is 6.37. The smallest absolute Gasteiger partial charge is 0.315 e. The van der Waals surface area contributed by atoms with E-state index < -0.39 is 0 Å². The lowest BCUT2D eigenvalue weighted by Crippen LogP contribution is -2.36. The Kier molecular flexibility index (Phi) is 6.01. The quantitative estimate of drug-likeness (QED) is 0.429. The third-order valence-corrected chi connectivity index (χ3v) is 6.52. The maximum atomic E-state index is 12.0. The van der Waals surface area contributed by atoms with E-state index in [0.29, 0.717) is 11.7 Å². The molecule has 3 unspecified atom stereocenters. The first kappa shape index (κ1) is 18.9. The summed E-state index contributed by atoms with van der Waals surface area (Å²) in [6.07, 6.45) is 3.16. The van der Waals surface area contributed by atoms with Crippen molar-refractivity contribution in [1.29, 1.82) is 0 Å². The highest BCUT2D eigenvalue weighted by Gasteiger charge is 2.42. The molecule has 0 aliphatic carbocycles. The zero-order valence-corrected chi connectivity index (χ0v) is 16.3. The van der Waals surface area contributed by atoms with Gasteiger partial charge in [0.1, 0.15) is 6.61 Å². The molecule has 2 N–H and O–H groups in total. The van der Waals surface area contributed by atoms with Crippen LogP contribution in [0.2, 0.25) is 0 Å². The van der Waals surface area contributed by atoms with Crippen LogP contribution in [0.25, 0.3) is 0 Å². The van der Waals surface area contributed by atoms with Crippen LogP contribution in [-0.4, -0.2) is 45.1 Å². The highest BCUT2D eigenvalue weighted by atomic mass is 32.2. The number of nitrogens with zero attached hydrogens (tertiary/aromatic N) is 2. The van der Waals surface area contributed by atoms with Crippen molar-refractivity contribution in [2.45, 2.75) is 70.4 Å². The van der Waals surface area contributed by atoms with Crippen molar-refractivity contribution in [2.24, 2.45) is 0 Å². The van der Waals surface area contributed by atoms with Gasteiger partial charge in [0.2, 0.25) is 0 Å². The summed E-state index contributed by atoms with van der Waals surface area (Å²) in [6.45, 7) is 5.88. The fourth-order valence-corrected chi connectivity index (χ4v) is 4.92. The summed E-state index contributed by atoms with van der Waals surface area (Å²) in [6, 6.07) is 0.425. The van der Waals surface area contributed by atoms with Crippen LogP contribution in [0, 0.1) is 20.8 Å². The number of thioether (sulfide) groups is 1. The molecular formula is C18H26N4O3S. The molecule has 0 bridgehead atoms. The predicted octanol–water partition coefficient (Wildman–Crippen LogP) is 2.17. The van der Waals surface area contributed by atoms with Crippen molar-refractivity contribution in [3.8, 4) is 0 Å². The lowest BCUT2D eigenvalue weighted by Gasteiger charge is -2.16. The molecule has 3 rings (SSSR count). The van der Waals surface area contributed by atoms with E-state index in [1.165, 1.54) is 0 Å². The molecule has 2 amide bonds. The number of ether oxygens (including phenoxy) is 1. The van der Waals surface area contributed by atoms with Crippen LogP contribution in [-0.2, 0) is 16.1 Å². The number of aryl methyl sites for hydroxylation is 3. The maximum absolute atomic E-state index is 12.0. The van der Waals surface area contributed by atoms with Gasteiger partial charge in [-0.15, -0.1) is 0 Å². The molecule has 26 heavy (non-hydrogen) atoms. The van der Waals surface area contributed by atoms with E-state index in [1.807, 2.05) is 32.5 Å². The Balaban J connectivity index is 1.35. The van der Waals surface area contributed by atoms with Gasteiger partial charge in [0.15, 0.2) is 0 Å². The van der Waals surface area contributed by atoms with Crippen molar-refractivity contribution >= 4 is 23.8 Å². The molecule has 142 valence electrons. The van der Waals surface area contributed by atoms with Crippen LogP contribution in [0.4, 0.5) is 4.79 Å². The second-order valence-electron chi connectivity index (χ2n) is 6.95. The van der Waals surface area contributed by atoms with Crippen LogP contribution < -0.4 is 10.6 Å². The van der Waals surface area contributed by atoms with Crippen molar-refractivity contribution in [3.05, 3.63) is 22.8 Å². The average molecular weight is 378 g/mol. The number of nitrogens with one attached hydrogen (secondary N) is 2. The minimum atomic E-state index is -0.197. The van der Waals surface area contributed by atoms with Crippen LogP contribution >= 0.6 is 11.8 Å². The fourth-order valence-electron chi connectivity index (χ4n) is 3.38. The first-order valence-electron chi connectivity index (χ1n) is 9.09. The molecule has 2 aliphatic rings. The average Bonchev–Trinajstić information content (AvgIpc) is 3.13. The molecule has 2 aliphatic heterocycles. The number of unbranched alkanes of at least 4 members (excludes halogenated alkanes) is 1. The number of aromatic nitrogens is 2. The van der Waals surface area contributed by atoms with Gasteiger partial charge in [0.05, 0.1) is 34.9 Å². The second kappa shape index (κ2) is 8.24. The number of urea groups is 1. The van der Waals surface area contributed by atoms with Gasteiger partial charge in [0.25, 0.3) is 0 Å². The van der Waals surface area contributed by atoms with Gasteiger partial charge >= 0.3 is 12.0 Å². The van der Waals surface area contributed by atoms with E-state index in [9.17, 15) is 9.59 Å². The molecule has 0 saturated carbocycles. The van der Waals surface area contributed by atoms with Gasteiger partial charge in [-0.25, -0.2) is 4.79 Å². The maximum Gasteiger partial charge on any atom is 0.315 e. The van der Waals surface area contributed by atoms with Crippen molar-refractivity contribution < 1.29 is 14.3 Å². The van der Waals surface area contributed by atoms with E-state index >= 15 is 0 Å². The molecule has 8 heteroatoms. The minimum Gasteiger partial charge on any atom is -0.459 e. The van der Waals surface area contributed by atoms with E-state index in [2.05, 4.69) is 20.6 Å². The third-order valence-electron chi connectivity index (χ3n) is 5.01. The number of fused-ring (bicyclic) bond motifs is 1. The third kappa shape index (κ3) is 4.47. The molecule has 1 aromatic heterocycles. The molecule has 0 radical (unpaired) electrons. The zero-order valence-electron chi connectivity index (χ0n) is 15.5. The molecule has 2 fully saturated rings. The Morgan fingerprint density at radius 1 is 1.15 bits per heavy atom. The number of esters is 1. The fraction of sp³-hybridized carbons (Fsp3) is 0.667. The summed E-state index contributed by atoms with van der Waals surface area (Å²) in [5.41, 5.74) is 3.29. The van der Waals surface area contributed by atoms with Gasteiger partial charge < -0.3 is 15.4 Å². The molecule has 0 spiro atoms. The van der Waals surface area contributed by atoms with Crippen molar-refractivity contribution in [1.82, 2.24) is 20.6 Å². The van der Waals surface area contributed by atoms with Crippen LogP contribution in [0.1, 0.15) is 48.5 Å². The highest BCUT2D eigenvalue weighted by molar-refractivity contribution is 8.00. The lowest BCUT2D eigenvalue weighted by molar-refractivity contribution is -0.145. The van der Waals surface area contributed by atoms with Crippen molar-refractivity contribution in [2.75, 3.05) is 5.75 Å². The number of hydrogen-bond donors (Lipinski definition) is 2. The Bertz CT molecular complexity index is 697. The number of amides is 2. The Morgan fingerprint density at radius 3 is 2.73 bits per heavy atom. The van der Waals surface area contributed by atoms with Crippen molar-refractivity contribution in [3.63, 3.8) is 0 Å².